The molecule has 0 aliphatic heterocycles. The molecule has 1 aromatic rings. The number of hydrogen-bond acceptors (Lipinski definition) is 0. The van der Waals surface area contributed by atoms with Crippen LogP contribution in [0.15, 0.2) is 24.3 Å². The summed E-state index contributed by atoms with van der Waals surface area (Å²) in [6.07, 6.45) is -4.43. The lowest BCUT2D eigenvalue weighted by molar-refractivity contribution is -0.0696. The summed E-state index contributed by atoms with van der Waals surface area (Å²) < 4.78 is 35.7. The monoisotopic (exact) mass is 226 g/mol. The van der Waals surface area contributed by atoms with E-state index in [-0.39, 0.29) is 5.41 Å². The van der Waals surface area contributed by atoms with Crippen molar-refractivity contribution in [3.63, 3.8) is 0 Å². The van der Waals surface area contributed by atoms with E-state index in [1.54, 1.807) is 18.2 Å². The molecular weight excluding hydrogens is 213 g/mol. The maximum atomic E-state index is 11.9. The lowest BCUT2D eigenvalue weighted by Crippen LogP contribution is -2.10. The van der Waals surface area contributed by atoms with E-state index in [2.05, 4.69) is 5.92 Å². The van der Waals surface area contributed by atoms with Crippen LogP contribution in [-0.2, 0) is 5.41 Å². The second-order valence-corrected chi connectivity index (χ2v) is 4.58. The fourth-order valence-electron chi connectivity index (χ4n) is 1.21. The molecule has 3 heteroatoms. The predicted octanol–water partition coefficient (Wildman–Crippen LogP) is 3.90. The third kappa shape index (κ3) is 3.98. The summed E-state index contributed by atoms with van der Waals surface area (Å²) in [5.74, 6) is 3.39. The molecule has 0 aromatic heterocycles. The van der Waals surface area contributed by atoms with Gasteiger partial charge in [-0.25, -0.2) is 0 Å². The van der Waals surface area contributed by atoms with E-state index in [1.807, 2.05) is 26.8 Å². The van der Waals surface area contributed by atoms with Crippen LogP contribution in [-0.4, -0.2) is 6.18 Å². The zero-order valence-corrected chi connectivity index (χ0v) is 9.44. The third-order valence-corrected chi connectivity index (χ3v) is 2.08. The fraction of sp³-hybridized carbons (Fsp3) is 0.385. The molecule has 0 unspecified atom stereocenters. The lowest BCUT2D eigenvalue weighted by atomic mass is 9.86. The Labute approximate surface area is 93.5 Å². The molecule has 0 amide bonds. The Kier molecular flexibility index (Phi) is 3.32. The molecule has 0 aliphatic rings. The standard InChI is InChI=1S/C13H13F3/c1-12(2,3)11-6-4-5-10(9-11)7-8-13(14,15)16/h4-6,9H,1-3H3. The second-order valence-electron chi connectivity index (χ2n) is 4.58. The molecule has 0 bridgehead atoms. The van der Waals surface area contributed by atoms with Crippen LogP contribution in [0.1, 0.15) is 31.9 Å². The highest BCUT2D eigenvalue weighted by Gasteiger charge is 2.23. The Morgan fingerprint density at radius 3 is 2.19 bits per heavy atom. The summed E-state index contributed by atoms with van der Waals surface area (Å²) >= 11 is 0. The molecule has 0 N–H and O–H groups in total. The van der Waals surface area contributed by atoms with Crippen LogP contribution >= 0.6 is 0 Å². The van der Waals surface area contributed by atoms with E-state index >= 15 is 0 Å². The van der Waals surface area contributed by atoms with Gasteiger partial charge in [0.2, 0.25) is 0 Å². The smallest absolute Gasteiger partial charge is 0.159 e. The van der Waals surface area contributed by atoms with E-state index in [9.17, 15) is 13.2 Å². The van der Waals surface area contributed by atoms with Gasteiger partial charge in [-0.2, -0.15) is 13.2 Å². The molecular formula is C13H13F3. The van der Waals surface area contributed by atoms with E-state index in [0.717, 1.165) is 5.56 Å². The second kappa shape index (κ2) is 4.21. The van der Waals surface area contributed by atoms with Gasteiger partial charge in [0, 0.05) is 11.5 Å². The van der Waals surface area contributed by atoms with Crippen LogP contribution in [0.3, 0.4) is 0 Å². The van der Waals surface area contributed by atoms with Crippen LogP contribution in [0.5, 0.6) is 0 Å². The first-order chi connectivity index (χ1) is 7.18. The van der Waals surface area contributed by atoms with Gasteiger partial charge < -0.3 is 0 Å². The van der Waals surface area contributed by atoms with Crippen molar-refractivity contribution in [2.75, 3.05) is 0 Å². The molecule has 0 saturated heterocycles. The number of rotatable bonds is 0. The summed E-state index contributed by atoms with van der Waals surface area (Å²) in [5, 5.41) is 0. The van der Waals surface area contributed by atoms with Gasteiger partial charge in [0.1, 0.15) is 0 Å². The van der Waals surface area contributed by atoms with Gasteiger partial charge in [-0.15, -0.1) is 0 Å². The Hall–Kier alpha value is -1.43. The Bertz CT molecular complexity index is 425. The summed E-state index contributed by atoms with van der Waals surface area (Å²) in [6, 6.07) is 6.88. The predicted molar refractivity (Wildman–Crippen MR) is 58.1 cm³/mol. The number of alkyl halides is 3. The molecule has 0 saturated carbocycles. The Morgan fingerprint density at radius 1 is 1.06 bits per heavy atom. The van der Waals surface area contributed by atoms with Crippen LogP contribution < -0.4 is 0 Å². The lowest BCUT2D eigenvalue weighted by Gasteiger charge is -2.18. The Morgan fingerprint density at radius 2 is 1.69 bits per heavy atom. The van der Waals surface area contributed by atoms with E-state index in [0.29, 0.717) is 5.56 Å². The summed E-state index contributed by atoms with van der Waals surface area (Å²) in [5.41, 5.74) is 1.28. The van der Waals surface area contributed by atoms with Gasteiger partial charge in [0.15, 0.2) is 0 Å². The van der Waals surface area contributed by atoms with Gasteiger partial charge in [0.25, 0.3) is 0 Å². The van der Waals surface area contributed by atoms with Crippen LogP contribution in [0, 0.1) is 11.8 Å². The van der Waals surface area contributed by atoms with Gasteiger partial charge in [-0.1, -0.05) is 38.8 Å². The van der Waals surface area contributed by atoms with E-state index in [4.69, 9.17) is 0 Å². The molecule has 86 valence electrons. The first kappa shape index (κ1) is 12.6. The molecule has 0 radical (unpaired) electrons. The highest BCUT2D eigenvalue weighted by molar-refractivity contribution is 5.39. The average molecular weight is 226 g/mol. The van der Waals surface area contributed by atoms with E-state index < -0.39 is 6.18 Å². The molecule has 0 spiro atoms. The normalized spacial score (nSPS) is 11.9. The largest absolute Gasteiger partial charge is 0.458 e. The van der Waals surface area contributed by atoms with Crippen LogP contribution in [0.2, 0.25) is 0 Å². The molecule has 16 heavy (non-hydrogen) atoms. The molecule has 0 atom stereocenters. The van der Waals surface area contributed by atoms with Crippen molar-refractivity contribution in [1.29, 1.82) is 0 Å². The maximum absolute atomic E-state index is 11.9. The van der Waals surface area contributed by atoms with Crippen molar-refractivity contribution in [2.45, 2.75) is 32.4 Å². The number of hydrogen-bond donors (Lipinski definition) is 0. The van der Waals surface area contributed by atoms with Crippen molar-refractivity contribution >= 4 is 0 Å². The summed E-state index contributed by atoms with van der Waals surface area (Å²) in [4.78, 5) is 0. The highest BCUT2D eigenvalue weighted by atomic mass is 19.4. The Balaban J connectivity index is 3.04. The first-order valence-corrected chi connectivity index (χ1v) is 4.89. The number of benzene rings is 1. The van der Waals surface area contributed by atoms with Gasteiger partial charge in [-0.3, -0.25) is 0 Å². The SMILES string of the molecule is CC(C)(C)c1cccc(C#CC(F)(F)F)c1. The minimum absolute atomic E-state index is 0.0874. The first-order valence-electron chi connectivity index (χ1n) is 4.89. The molecule has 1 aromatic carbocycles. The maximum Gasteiger partial charge on any atom is 0.458 e. The third-order valence-electron chi connectivity index (χ3n) is 2.08. The van der Waals surface area contributed by atoms with Crippen LogP contribution in [0.25, 0.3) is 0 Å². The molecule has 1 rings (SSSR count). The highest BCUT2D eigenvalue weighted by Crippen LogP contribution is 2.22. The zero-order valence-electron chi connectivity index (χ0n) is 9.44. The zero-order chi connectivity index (χ0) is 12.4. The van der Waals surface area contributed by atoms with Gasteiger partial charge >= 0.3 is 6.18 Å². The van der Waals surface area contributed by atoms with Crippen molar-refractivity contribution in [3.05, 3.63) is 35.4 Å². The van der Waals surface area contributed by atoms with Crippen molar-refractivity contribution in [2.24, 2.45) is 0 Å². The fourth-order valence-corrected chi connectivity index (χ4v) is 1.21. The van der Waals surface area contributed by atoms with Gasteiger partial charge in [0.05, 0.1) is 0 Å². The number of halogens is 3. The summed E-state index contributed by atoms with van der Waals surface area (Å²) in [7, 11) is 0. The molecule has 0 aliphatic carbocycles. The van der Waals surface area contributed by atoms with Gasteiger partial charge in [-0.05, 0) is 23.1 Å². The topological polar surface area (TPSA) is 0 Å². The van der Waals surface area contributed by atoms with Crippen molar-refractivity contribution in [1.82, 2.24) is 0 Å². The average Bonchev–Trinajstić information content (AvgIpc) is 2.13. The van der Waals surface area contributed by atoms with Crippen molar-refractivity contribution < 1.29 is 13.2 Å². The van der Waals surface area contributed by atoms with E-state index in [1.165, 1.54) is 5.92 Å². The van der Waals surface area contributed by atoms with Crippen molar-refractivity contribution in [3.8, 4) is 11.8 Å². The molecule has 0 fully saturated rings. The minimum atomic E-state index is -4.43. The van der Waals surface area contributed by atoms with Crippen LogP contribution in [0.4, 0.5) is 13.2 Å². The molecule has 0 heterocycles. The summed E-state index contributed by atoms with van der Waals surface area (Å²) in [6.45, 7) is 6.01. The minimum Gasteiger partial charge on any atom is -0.159 e. The molecule has 0 nitrogen and oxygen atoms in total. The quantitative estimate of drug-likeness (QED) is 0.588.